The van der Waals surface area contributed by atoms with Gasteiger partial charge in [-0.25, -0.2) is 9.78 Å². The molecule has 1 atom stereocenters. The molecule has 1 heterocycles. The van der Waals surface area contributed by atoms with Gasteiger partial charge in [-0.1, -0.05) is 67.6 Å². The number of aliphatic hydroxyl groups is 1. The van der Waals surface area contributed by atoms with Gasteiger partial charge in [-0.05, 0) is 42.7 Å². The van der Waals surface area contributed by atoms with Crippen LogP contribution in [0.2, 0.25) is 0 Å². The number of nitrogens with zero attached hydrogens (tertiary/aromatic N) is 1. The molecule has 0 aliphatic rings. The summed E-state index contributed by atoms with van der Waals surface area (Å²) in [5, 5.41) is 16.2. The van der Waals surface area contributed by atoms with E-state index in [4.69, 9.17) is 4.98 Å². The smallest absolute Gasteiger partial charge is 0.319 e. The summed E-state index contributed by atoms with van der Waals surface area (Å²) in [4.78, 5) is 17.2. The zero-order valence-corrected chi connectivity index (χ0v) is 18.3. The van der Waals surface area contributed by atoms with Crippen molar-refractivity contribution in [3.63, 3.8) is 0 Å². The van der Waals surface area contributed by atoms with E-state index in [2.05, 4.69) is 41.8 Å². The van der Waals surface area contributed by atoms with Crippen molar-refractivity contribution in [2.75, 3.05) is 11.9 Å². The molecule has 3 aromatic carbocycles. The molecule has 1 unspecified atom stereocenters. The van der Waals surface area contributed by atoms with E-state index in [1.807, 2.05) is 61.5 Å². The third-order valence-corrected chi connectivity index (χ3v) is 5.58. The van der Waals surface area contributed by atoms with E-state index in [0.29, 0.717) is 12.1 Å². The zero-order valence-electron chi connectivity index (χ0n) is 18.3. The second-order valence-electron chi connectivity index (χ2n) is 7.82. The van der Waals surface area contributed by atoms with Crippen molar-refractivity contribution < 1.29 is 9.90 Å². The average Bonchev–Trinajstić information content (AvgIpc) is 2.83. The van der Waals surface area contributed by atoms with Gasteiger partial charge in [0.05, 0.1) is 17.3 Å². The molecule has 0 radical (unpaired) electrons. The summed E-state index contributed by atoms with van der Waals surface area (Å²) in [7, 11) is 0. The van der Waals surface area contributed by atoms with Crippen LogP contribution in [0.1, 0.15) is 18.9 Å². The molecule has 5 nitrogen and oxygen atoms in total. The molecule has 162 valence electrons. The van der Waals surface area contributed by atoms with Crippen molar-refractivity contribution in [1.29, 1.82) is 0 Å². The number of amides is 2. The lowest BCUT2D eigenvalue weighted by Crippen LogP contribution is -2.34. The first-order chi connectivity index (χ1) is 15.6. The maximum Gasteiger partial charge on any atom is 0.319 e. The third kappa shape index (κ3) is 4.63. The minimum absolute atomic E-state index is 0.217. The maximum atomic E-state index is 12.2. The summed E-state index contributed by atoms with van der Waals surface area (Å²) in [6.45, 7) is 4.19. The Hall–Kier alpha value is -3.70. The highest BCUT2D eigenvalue weighted by Gasteiger charge is 2.16. The number of carbonyl (C=O) groups excluding carboxylic acids is 1. The van der Waals surface area contributed by atoms with Crippen LogP contribution in [0.15, 0.2) is 78.9 Å². The van der Waals surface area contributed by atoms with Crippen LogP contribution in [0.3, 0.4) is 0 Å². The van der Waals surface area contributed by atoms with Crippen LogP contribution in [-0.2, 0) is 0 Å². The largest absolute Gasteiger partial charge is 0.391 e. The highest BCUT2D eigenvalue weighted by atomic mass is 16.3. The van der Waals surface area contributed by atoms with Crippen LogP contribution < -0.4 is 10.6 Å². The Morgan fingerprint density at radius 3 is 2.28 bits per heavy atom. The predicted octanol–water partition coefficient (Wildman–Crippen LogP) is 5.77. The Labute approximate surface area is 188 Å². The van der Waals surface area contributed by atoms with Gasteiger partial charge in [0, 0.05) is 28.7 Å². The van der Waals surface area contributed by atoms with Gasteiger partial charge in [-0.2, -0.15) is 0 Å². The zero-order chi connectivity index (χ0) is 22.5. The molecule has 0 saturated carbocycles. The Morgan fingerprint density at radius 2 is 1.62 bits per heavy atom. The molecule has 0 fully saturated rings. The number of pyridine rings is 1. The number of benzene rings is 3. The molecule has 2 amide bonds. The van der Waals surface area contributed by atoms with Crippen LogP contribution in [-0.4, -0.2) is 28.8 Å². The number of aryl methyl sites for hydroxylation is 1. The van der Waals surface area contributed by atoms with Gasteiger partial charge < -0.3 is 15.7 Å². The van der Waals surface area contributed by atoms with Crippen molar-refractivity contribution >= 4 is 22.6 Å². The van der Waals surface area contributed by atoms with Gasteiger partial charge in [0.2, 0.25) is 0 Å². The monoisotopic (exact) mass is 425 g/mol. The number of aliphatic hydroxyl groups excluding tert-OH is 1. The number of fused-ring (bicyclic) bond motifs is 1. The topological polar surface area (TPSA) is 74.2 Å². The van der Waals surface area contributed by atoms with Crippen LogP contribution in [0.5, 0.6) is 0 Å². The number of nitrogens with one attached hydrogen (secondary N) is 2. The third-order valence-electron chi connectivity index (χ3n) is 5.58. The Kier molecular flexibility index (Phi) is 6.47. The van der Waals surface area contributed by atoms with Crippen molar-refractivity contribution in [3.8, 4) is 22.4 Å². The maximum absolute atomic E-state index is 12.2. The Bertz CT molecular complexity index is 1220. The Morgan fingerprint density at radius 1 is 0.969 bits per heavy atom. The van der Waals surface area contributed by atoms with Crippen molar-refractivity contribution in [3.05, 3.63) is 84.4 Å². The Balaban J connectivity index is 1.77. The molecule has 4 rings (SSSR count). The molecule has 0 aliphatic heterocycles. The summed E-state index contributed by atoms with van der Waals surface area (Å²) in [5.74, 6) is 0. The second-order valence-corrected chi connectivity index (χ2v) is 7.82. The first-order valence-corrected chi connectivity index (χ1v) is 10.8. The molecular weight excluding hydrogens is 398 g/mol. The van der Waals surface area contributed by atoms with Gasteiger partial charge in [0.1, 0.15) is 0 Å². The molecule has 0 aliphatic carbocycles. The minimum atomic E-state index is -0.548. The molecule has 5 heteroatoms. The van der Waals surface area contributed by atoms with E-state index in [1.165, 1.54) is 0 Å². The van der Waals surface area contributed by atoms with Gasteiger partial charge in [0.25, 0.3) is 0 Å². The van der Waals surface area contributed by atoms with Gasteiger partial charge in [-0.3, -0.25) is 0 Å². The fraction of sp³-hybridized carbons (Fsp3) is 0.185. The van der Waals surface area contributed by atoms with Crippen molar-refractivity contribution in [2.45, 2.75) is 26.4 Å². The van der Waals surface area contributed by atoms with Crippen LogP contribution in [0.25, 0.3) is 33.3 Å². The lowest BCUT2D eigenvalue weighted by atomic mass is 9.92. The van der Waals surface area contributed by atoms with E-state index < -0.39 is 6.10 Å². The van der Waals surface area contributed by atoms with E-state index in [0.717, 1.165) is 38.9 Å². The summed E-state index contributed by atoms with van der Waals surface area (Å²) < 4.78 is 0. The predicted molar refractivity (Wildman–Crippen MR) is 131 cm³/mol. The van der Waals surface area contributed by atoms with E-state index in [-0.39, 0.29) is 12.6 Å². The van der Waals surface area contributed by atoms with Gasteiger partial charge >= 0.3 is 6.03 Å². The standard InChI is InChI=1S/C27H27N3O2/c1-3-22(31)17-28-27(32)29-21-14-15-24-23(16-21)18(2)25(19-10-6-4-7-11-19)26(30-24)20-12-8-5-9-13-20/h4-16,22,31H,3,17H2,1-2H3,(H2,28,29,32). The fourth-order valence-corrected chi connectivity index (χ4v) is 3.79. The summed E-state index contributed by atoms with van der Waals surface area (Å²) >= 11 is 0. The first kappa shape index (κ1) is 21.5. The first-order valence-electron chi connectivity index (χ1n) is 10.8. The number of hydrogen-bond acceptors (Lipinski definition) is 3. The molecule has 0 spiro atoms. The number of carbonyl (C=O) groups is 1. The molecular formula is C27H27N3O2. The average molecular weight is 426 g/mol. The summed E-state index contributed by atoms with van der Waals surface area (Å²) in [5.41, 5.74) is 6.83. The number of hydrogen-bond donors (Lipinski definition) is 3. The highest BCUT2D eigenvalue weighted by molar-refractivity contribution is 5.98. The fourth-order valence-electron chi connectivity index (χ4n) is 3.79. The molecule has 3 N–H and O–H groups in total. The number of rotatable bonds is 6. The van der Waals surface area contributed by atoms with E-state index in [9.17, 15) is 9.90 Å². The highest BCUT2D eigenvalue weighted by Crippen LogP contribution is 2.37. The summed E-state index contributed by atoms with van der Waals surface area (Å²) in [6.07, 6.45) is 0.0428. The molecule has 32 heavy (non-hydrogen) atoms. The quantitative estimate of drug-likeness (QED) is 0.367. The molecule has 0 saturated heterocycles. The second kappa shape index (κ2) is 9.62. The number of aromatic nitrogens is 1. The van der Waals surface area contributed by atoms with Crippen molar-refractivity contribution in [1.82, 2.24) is 10.3 Å². The van der Waals surface area contributed by atoms with Crippen molar-refractivity contribution in [2.24, 2.45) is 0 Å². The lowest BCUT2D eigenvalue weighted by Gasteiger charge is -2.17. The lowest BCUT2D eigenvalue weighted by molar-refractivity contribution is 0.168. The van der Waals surface area contributed by atoms with Crippen LogP contribution in [0, 0.1) is 6.92 Å². The van der Waals surface area contributed by atoms with Gasteiger partial charge in [0.15, 0.2) is 0 Å². The minimum Gasteiger partial charge on any atom is -0.391 e. The van der Waals surface area contributed by atoms with E-state index in [1.54, 1.807) is 0 Å². The number of anilines is 1. The van der Waals surface area contributed by atoms with Gasteiger partial charge in [-0.15, -0.1) is 0 Å². The molecule has 4 aromatic rings. The number of urea groups is 1. The molecule has 0 bridgehead atoms. The SMILES string of the molecule is CCC(O)CNC(=O)Nc1ccc2nc(-c3ccccc3)c(-c3ccccc3)c(C)c2c1. The normalized spacial score (nSPS) is 11.8. The van der Waals surface area contributed by atoms with E-state index >= 15 is 0 Å². The summed E-state index contributed by atoms with van der Waals surface area (Å²) in [6, 6.07) is 25.8. The molecule has 1 aromatic heterocycles. The van der Waals surface area contributed by atoms with Crippen LogP contribution in [0.4, 0.5) is 10.5 Å². The van der Waals surface area contributed by atoms with Crippen LogP contribution >= 0.6 is 0 Å².